The maximum atomic E-state index is 13.9. The predicted octanol–water partition coefficient (Wildman–Crippen LogP) is 8.90. The van der Waals surface area contributed by atoms with Gasteiger partial charge in [-0.15, -0.1) is 0 Å². The molecule has 0 saturated heterocycles. The Labute approximate surface area is 218 Å². The van der Waals surface area contributed by atoms with E-state index in [1.54, 1.807) is 0 Å². The lowest BCUT2D eigenvalue weighted by atomic mass is 9.64. The molecule has 0 aromatic carbocycles. The zero-order valence-electron chi connectivity index (χ0n) is 23.5. The molecule has 0 aliphatic heterocycles. The highest BCUT2D eigenvalue weighted by molar-refractivity contribution is 6.31. The van der Waals surface area contributed by atoms with E-state index in [1.807, 2.05) is 0 Å². The van der Waals surface area contributed by atoms with Crippen LogP contribution >= 0.6 is 0 Å². The van der Waals surface area contributed by atoms with E-state index < -0.39 is 0 Å². The van der Waals surface area contributed by atoms with Crippen molar-refractivity contribution in [2.24, 2.45) is 41.4 Å². The number of hydrogen-bond acceptors (Lipinski definition) is 2. The second-order valence-electron chi connectivity index (χ2n) is 12.9. The maximum absolute atomic E-state index is 13.9. The first-order chi connectivity index (χ1) is 17.0. The first-order valence-corrected chi connectivity index (χ1v) is 14.2. The summed E-state index contributed by atoms with van der Waals surface area (Å²) in [6.45, 7) is 18.0. The van der Waals surface area contributed by atoms with Gasteiger partial charge in [-0.2, -0.15) is 0 Å². The topological polar surface area (TPSA) is 37.3 Å². The van der Waals surface area contributed by atoms with Gasteiger partial charge in [0.1, 0.15) is 5.76 Å². The van der Waals surface area contributed by atoms with Gasteiger partial charge in [-0.25, -0.2) is 0 Å². The molecule has 0 amide bonds. The van der Waals surface area contributed by atoms with Crippen LogP contribution in [0.2, 0.25) is 0 Å². The number of carbonyl (C=O) groups is 1. The number of aliphatic hydroxyl groups is 1. The quantitative estimate of drug-likeness (QED) is 0.440. The molecule has 0 aromatic heterocycles. The standard InChI is InChI=1S/C34H44O2/c1-17(2)23-11-9-19(5)29-25(15-23)21(7)13-27(29)31-33(35)32(34(31)36)28-14-22(8)26-16-24(18(3)4)12-10-20(6)30(26)28/h9,11,13-15,17-18,20,24,26,28,30,32,35H,10,12,16H2,1-8H3. The van der Waals surface area contributed by atoms with Crippen molar-refractivity contribution >= 4 is 11.4 Å². The normalized spacial score (nSPS) is 30.6. The van der Waals surface area contributed by atoms with Gasteiger partial charge in [0.2, 0.25) is 0 Å². The van der Waals surface area contributed by atoms with Gasteiger partial charge < -0.3 is 5.11 Å². The van der Waals surface area contributed by atoms with E-state index in [-0.39, 0.29) is 17.6 Å². The monoisotopic (exact) mass is 484 g/mol. The van der Waals surface area contributed by atoms with Crippen LogP contribution < -0.4 is 0 Å². The molecule has 2 heteroatoms. The summed E-state index contributed by atoms with van der Waals surface area (Å²) in [6, 6.07) is 8.77. The number of allylic oxidation sites excluding steroid dienone is 4. The van der Waals surface area contributed by atoms with E-state index in [1.165, 1.54) is 41.5 Å². The molecule has 2 nitrogen and oxygen atoms in total. The van der Waals surface area contributed by atoms with Crippen LogP contribution in [0.15, 0.2) is 41.7 Å². The van der Waals surface area contributed by atoms with Crippen molar-refractivity contribution in [3.05, 3.63) is 63.9 Å². The fourth-order valence-electron chi connectivity index (χ4n) is 7.77. The number of aliphatic hydroxyl groups excluding tert-OH is 1. The number of hydrogen-bond donors (Lipinski definition) is 1. The molecule has 5 rings (SSSR count). The Balaban J connectivity index is 1.53. The van der Waals surface area contributed by atoms with Gasteiger partial charge in [0.25, 0.3) is 0 Å². The Kier molecular flexibility index (Phi) is 6.46. The molecule has 192 valence electrons. The Hall–Kier alpha value is -2.35. The first-order valence-electron chi connectivity index (χ1n) is 14.2. The van der Waals surface area contributed by atoms with Crippen LogP contribution in [0.1, 0.15) is 89.0 Å². The van der Waals surface area contributed by atoms with Gasteiger partial charge in [0.05, 0.1) is 11.5 Å². The molecule has 0 aromatic rings. The Morgan fingerprint density at radius 1 is 0.944 bits per heavy atom. The van der Waals surface area contributed by atoms with Gasteiger partial charge in [-0.3, -0.25) is 4.79 Å². The van der Waals surface area contributed by atoms with Crippen LogP contribution in [0.4, 0.5) is 0 Å². The molecule has 1 saturated carbocycles. The van der Waals surface area contributed by atoms with Crippen molar-refractivity contribution < 1.29 is 9.90 Å². The third-order valence-electron chi connectivity index (χ3n) is 10.1. The summed E-state index contributed by atoms with van der Waals surface area (Å²) >= 11 is 0. The maximum Gasteiger partial charge on any atom is 0.178 e. The molecule has 1 N–H and O–H groups in total. The highest BCUT2D eigenvalue weighted by Crippen LogP contribution is 2.56. The van der Waals surface area contributed by atoms with Crippen molar-refractivity contribution in [2.75, 3.05) is 0 Å². The SMILES string of the molecule is CC1=CC(C2C(=O)C(c3cc(C)c4cc(C(C)C)ccc(C)c3-4)=C2O)C2C(C)CCC(C(C)C)CC12. The van der Waals surface area contributed by atoms with Gasteiger partial charge in [0, 0.05) is 0 Å². The molecular formula is C34H44O2. The zero-order valence-corrected chi connectivity index (χ0v) is 23.5. The van der Waals surface area contributed by atoms with Gasteiger partial charge in [-0.1, -0.05) is 70.9 Å². The van der Waals surface area contributed by atoms with E-state index in [4.69, 9.17) is 0 Å². The molecular weight excluding hydrogens is 440 g/mol. The smallest absolute Gasteiger partial charge is 0.178 e. The summed E-state index contributed by atoms with van der Waals surface area (Å²) < 4.78 is 0. The minimum Gasteiger partial charge on any atom is -0.511 e. The third-order valence-corrected chi connectivity index (χ3v) is 10.1. The number of aryl methyl sites for hydroxylation is 2. The summed E-state index contributed by atoms with van der Waals surface area (Å²) in [5.41, 5.74) is 8.87. The molecule has 5 aliphatic rings. The van der Waals surface area contributed by atoms with Crippen LogP contribution in [0.3, 0.4) is 0 Å². The summed E-state index contributed by atoms with van der Waals surface area (Å²) in [7, 11) is 0. The fourth-order valence-corrected chi connectivity index (χ4v) is 7.77. The van der Waals surface area contributed by atoms with Crippen LogP contribution in [0, 0.1) is 55.3 Å². The van der Waals surface area contributed by atoms with Crippen molar-refractivity contribution in [2.45, 2.75) is 80.6 Å². The number of fused-ring (bicyclic) bond motifs is 2. The van der Waals surface area contributed by atoms with E-state index in [2.05, 4.69) is 85.7 Å². The van der Waals surface area contributed by atoms with Crippen molar-refractivity contribution in [1.82, 2.24) is 0 Å². The Morgan fingerprint density at radius 2 is 1.67 bits per heavy atom. The largest absolute Gasteiger partial charge is 0.511 e. The average Bonchev–Trinajstić information content (AvgIpc) is 3.11. The first kappa shape index (κ1) is 25.3. The van der Waals surface area contributed by atoms with Crippen LogP contribution in [-0.2, 0) is 4.79 Å². The summed E-state index contributed by atoms with van der Waals surface area (Å²) in [5, 5.41) is 11.5. The predicted molar refractivity (Wildman–Crippen MR) is 150 cm³/mol. The van der Waals surface area contributed by atoms with Gasteiger partial charge in [0.15, 0.2) is 5.78 Å². The minimum absolute atomic E-state index is 0.124. The number of rotatable bonds is 4. The summed E-state index contributed by atoms with van der Waals surface area (Å²) in [4.78, 5) is 13.9. The van der Waals surface area contributed by atoms with Crippen LogP contribution in [-0.4, -0.2) is 10.9 Å². The molecule has 5 aliphatic carbocycles. The highest BCUT2D eigenvalue weighted by atomic mass is 16.3. The number of ketones is 1. The number of Topliss-reactive ketones (excluding diaryl/α,β-unsaturated/α-hetero) is 1. The average molecular weight is 485 g/mol. The molecule has 6 unspecified atom stereocenters. The zero-order chi connectivity index (χ0) is 26.0. The molecule has 0 spiro atoms. The molecule has 1 fully saturated rings. The van der Waals surface area contributed by atoms with E-state index >= 15 is 0 Å². The molecule has 0 radical (unpaired) electrons. The van der Waals surface area contributed by atoms with Crippen LogP contribution in [0.25, 0.3) is 16.7 Å². The molecule has 36 heavy (non-hydrogen) atoms. The minimum atomic E-state index is -0.378. The lowest BCUT2D eigenvalue weighted by Crippen LogP contribution is -2.40. The van der Waals surface area contributed by atoms with E-state index in [0.29, 0.717) is 40.9 Å². The summed E-state index contributed by atoms with van der Waals surface area (Å²) in [5.74, 6) is 3.66. The van der Waals surface area contributed by atoms with Gasteiger partial charge >= 0.3 is 0 Å². The Morgan fingerprint density at radius 3 is 2.31 bits per heavy atom. The lowest BCUT2D eigenvalue weighted by Gasteiger charge is -2.38. The third kappa shape index (κ3) is 3.87. The Bertz CT molecular complexity index is 1230. The van der Waals surface area contributed by atoms with E-state index in [9.17, 15) is 9.90 Å². The fraction of sp³-hybridized carbons (Fsp3) is 0.559. The molecule has 6 atom stereocenters. The highest BCUT2D eigenvalue weighted by Gasteiger charge is 2.53. The van der Waals surface area contributed by atoms with Crippen molar-refractivity contribution in [1.29, 1.82) is 0 Å². The van der Waals surface area contributed by atoms with Crippen molar-refractivity contribution in [3.63, 3.8) is 0 Å². The number of carbonyl (C=O) groups excluding carboxylic acids is 1. The van der Waals surface area contributed by atoms with Gasteiger partial charge in [-0.05, 0) is 114 Å². The molecule has 0 heterocycles. The van der Waals surface area contributed by atoms with Crippen LogP contribution in [0.5, 0.6) is 0 Å². The van der Waals surface area contributed by atoms with E-state index in [0.717, 1.165) is 22.6 Å². The molecule has 0 bridgehead atoms. The lowest BCUT2D eigenvalue weighted by molar-refractivity contribution is -0.121. The van der Waals surface area contributed by atoms with Crippen molar-refractivity contribution in [3.8, 4) is 11.1 Å². The second-order valence-corrected chi connectivity index (χ2v) is 12.9. The second kappa shape index (κ2) is 9.19. The summed E-state index contributed by atoms with van der Waals surface area (Å²) in [6.07, 6.45) is 6.09.